The SMILES string of the molecule is OB(O)c1ccc(-c2nc(-c3ccccc3)nc(C3CCCCC3)n2)cc1. The van der Waals surface area contributed by atoms with E-state index in [4.69, 9.17) is 15.0 Å². The summed E-state index contributed by atoms with van der Waals surface area (Å²) < 4.78 is 0. The van der Waals surface area contributed by atoms with Crippen LogP contribution >= 0.6 is 0 Å². The topological polar surface area (TPSA) is 79.1 Å². The lowest BCUT2D eigenvalue weighted by atomic mass is 9.80. The molecule has 0 amide bonds. The summed E-state index contributed by atoms with van der Waals surface area (Å²) in [6.07, 6.45) is 5.95. The quantitative estimate of drug-likeness (QED) is 0.701. The molecule has 0 spiro atoms. The zero-order valence-electron chi connectivity index (χ0n) is 15.1. The van der Waals surface area contributed by atoms with Gasteiger partial charge in [-0.25, -0.2) is 15.0 Å². The van der Waals surface area contributed by atoms with Crippen molar-refractivity contribution in [1.82, 2.24) is 15.0 Å². The monoisotopic (exact) mass is 359 g/mol. The maximum absolute atomic E-state index is 9.31. The van der Waals surface area contributed by atoms with Crippen LogP contribution in [-0.4, -0.2) is 32.1 Å². The highest BCUT2D eigenvalue weighted by Crippen LogP contribution is 2.32. The molecule has 0 radical (unpaired) electrons. The molecular weight excluding hydrogens is 337 g/mol. The molecule has 3 aromatic rings. The first kappa shape index (κ1) is 17.8. The lowest BCUT2D eigenvalue weighted by Crippen LogP contribution is -2.29. The molecule has 0 bridgehead atoms. The van der Waals surface area contributed by atoms with Gasteiger partial charge in [0, 0.05) is 17.0 Å². The van der Waals surface area contributed by atoms with E-state index >= 15 is 0 Å². The van der Waals surface area contributed by atoms with Gasteiger partial charge in [0.15, 0.2) is 11.6 Å². The normalized spacial score (nSPS) is 14.9. The van der Waals surface area contributed by atoms with Crippen LogP contribution in [0, 0.1) is 0 Å². The van der Waals surface area contributed by atoms with Gasteiger partial charge in [-0.3, -0.25) is 0 Å². The number of nitrogens with zero attached hydrogens (tertiary/aromatic N) is 3. The van der Waals surface area contributed by atoms with Crippen molar-refractivity contribution >= 4 is 12.6 Å². The maximum Gasteiger partial charge on any atom is 0.488 e. The summed E-state index contributed by atoms with van der Waals surface area (Å²) >= 11 is 0. The summed E-state index contributed by atoms with van der Waals surface area (Å²) in [4.78, 5) is 14.3. The van der Waals surface area contributed by atoms with Gasteiger partial charge in [0.05, 0.1) is 0 Å². The first-order valence-electron chi connectivity index (χ1n) is 9.48. The van der Waals surface area contributed by atoms with Crippen LogP contribution < -0.4 is 5.46 Å². The van der Waals surface area contributed by atoms with Crippen LogP contribution in [0.1, 0.15) is 43.8 Å². The second-order valence-electron chi connectivity index (χ2n) is 7.04. The molecule has 0 saturated heterocycles. The van der Waals surface area contributed by atoms with Gasteiger partial charge in [0.25, 0.3) is 0 Å². The van der Waals surface area contributed by atoms with Crippen LogP contribution in [0.25, 0.3) is 22.8 Å². The smallest absolute Gasteiger partial charge is 0.423 e. The van der Waals surface area contributed by atoms with Gasteiger partial charge in [-0.1, -0.05) is 73.9 Å². The number of rotatable bonds is 4. The molecule has 0 atom stereocenters. The molecule has 0 unspecified atom stereocenters. The number of hydrogen-bond donors (Lipinski definition) is 2. The summed E-state index contributed by atoms with van der Waals surface area (Å²) in [6.45, 7) is 0. The largest absolute Gasteiger partial charge is 0.488 e. The fourth-order valence-electron chi connectivity index (χ4n) is 3.59. The van der Waals surface area contributed by atoms with Crippen molar-refractivity contribution < 1.29 is 10.0 Å². The Bertz CT molecular complexity index is 895. The molecule has 27 heavy (non-hydrogen) atoms. The lowest BCUT2D eigenvalue weighted by Gasteiger charge is -2.21. The van der Waals surface area contributed by atoms with Crippen LogP contribution in [0.2, 0.25) is 0 Å². The molecular formula is C21H22BN3O2. The third-order valence-electron chi connectivity index (χ3n) is 5.12. The van der Waals surface area contributed by atoms with Gasteiger partial charge < -0.3 is 10.0 Å². The van der Waals surface area contributed by atoms with Crippen LogP contribution in [-0.2, 0) is 0 Å². The Morgan fingerprint density at radius 1 is 0.704 bits per heavy atom. The van der Waals surface area contributed by atoms with E-state index in [0.29, 0.717) is 23.0 Å². The second kappa shape index (κ2) is 7.98. The van der Waals surface area contributed by atoms with E-state index in [1.807, 2.05) is 42.5 Å². The first-order valence-corrected chi connectivity index (χ1v) is 9.48. The first-order chi connectivity index (χ1) is 13.2. The summed E-state index contributed by atoms with van der Waals surface area (Å²) in [7, 11) is -1.48. The number of hydrogen-bond acceptors (Lipinski definition) is 5. The fourth-order valence-corrected chi connectivity index (χ4v) is 3.59. The minimum atomic E-state index is -1.48. The van der Waals surface area contributed by atoms with Crippen molar-refractivity contribution in [3.8, 4) is 22.8 Å². The average molecular weight is 359 g/mol. The van der Waals surface area contributed by atoms with Gasteiger partial charge in [-0.05, 0) is 18.3 Å². The predicted molar refractivity (Wildman–Crippen MR) is 106 cm³/mol. The summed E-state index contributed by atoms with van der Waals surface area (Å²) in [6, 6.07) is 17.0. The van der Waals surface area contributed by atoms with Crippen LogP contribution in [0.15, 0.2) is 54.6 Å². The zero-order valence-corrected chi connectivity index (χ0v) is 15.1. The number of aromatic nitrogens is 3. The van der Waals surface area contributed by atoms with Crippen molar-refractivity contribution in [1.29, 1.82) is 0 Å². The van der Waals surface area contributed by atoms with Crippen molar-refractivity contribution in [2.75, 3.05) is 0 Å². The van der Waals surface area contributed by atoms with E-state index in [0.717, 1.165) is 29.8 Å². The molecule has 1 aromatic heterocycles. The Morgan fingerprint density at radius 2 is 1.30 bits per heavy atom. The molecule has 5 nitrogen and oxygen atoms in total. The van der Waals surface area contributed by atoms with Gasteiger partial charge in [0.1, 0.15) is 5.82 Å². The molecule has 2 N–H and O–H groups in total. The highest BCUT2D eigenvalue weighted by molar-refractivity contribution is 6.58. The molecule has 1 aliphatic carbocycles. The highest BCUT2D eigenvalue weighted by atomic mass is 16.4. The molecule has 1 saturated carbocycles. The zero-order chi connectivity index (χ0) is 18.6. The summed E-state index contributed by atoms with van der Waals surface area (Å²) in [5.74, 6) is 2.56. The third kappa shape index (κ3) is 4.07. The minimum absolute atomic E-state index is 0.376. The van der Waals surface area contributed by atoms with Crippen LogP contribution in [0.5, 0.6) is 0 Å². The van der Waals surface area contributed by atoms with Crippen molar-refractivity contribution in [3.05, 3.63) is 60.4 Å². The van der Waals surface area contributed by atoms with E-state index in [-0.39, 0.29) is 0 Å². The molecule has 2 aromatic carbocycles. The maximum atomic E-state index is 9.31. The summed E-state index contributed by atoms with van der Waals surface area (Å²) in [5.41, 5.74) is 2.26. The van der Waals surface area contributed by atoms with Crippen LogP contribution in [0.3, 0.4) is 0 Å². The third-order valence-corrected chi connectivity index (χ3v) is 5.12. The predicted octanol–water partition coefficient (Wildman–Crippen LogP) is 2.93. The van der Waals surface area contributed by atoms with Gasteiger partial charge in [0.2, 0.25) is 0 Å². The molecule has 1 fully saturated rings. The van der Waals surface area contributed by atoms with E-state index in [1.165, 1.54) is 19.3 Å². The minimum Gasteiger partial charge on any atom is -0.423 e. The highest BCUT2D eigenvalue weighted by Gasteiger charge is 2.21. The molecule has 1 heterocycles. The average Bonchev–Trinajstić information content (AvgIpc) is 2.75. The van der Waals surface area contributed by atoms with Crippen molar-refractivity contribution in [2.24, 2.45) is 0 Å². The molecule has 6 heteroatoms. The van der Waals surface area contributed by atoms with Gasteiger partial charge in [-0.2, -0.15) is 0 Å². The van der Waals surface area contributed by atoms with E-state index < -0.39 is 7.12 Å². The molecule has 4 rings (SSSR count). The Labute approximate surface area is 159 Å². The van der Waals surface area contributed by atoms with Crippen LogP contribution in [0.4, 0.5) is 0 Å². The molecule has 136 valence electrons. The van der Waals surface area contributed by atoms with Crippen molar-refractivity contribution in [3.63, 3.8) is 0 Å². The molecule has 0 aliphatic heterocycles. The molecule has 1 aliphatic rings. The standard InChI is InChI=1S/C21H22BN3O2/c26-22(27)18-13-11-17(12-14-18)21-24-19(15-7-3-1-4-8-15)23-20(25-21)16-9-5-2-6-10-16/h1,3-4,7-8,11-14,16,26-27H,2,5-6,9-10H2. The van der Waals surface area contributed by atoms with Gasteiger partial charge in [-0.15, -0.1) is 0 Å². The van der Waals surface area contributed by atoms with Crippen molar-refractivity contribution in [2.45, 2.75) is 38.0 Å². The van der Waals surface area contributed by atoms with Gasteiger partial charge >= 0.3 is 7.12 Å². The Balaban J connectivity index is 1.77. The Kier molecular flexibility index (Phi) is 5.27. The van der Waals surface area contributed by atoms with E-state index in [1.54, 1.807) is 12.1 Å². The summed E-state index contributed by atoms with van der Waals surface area (Å²) in [5, 5.41) is 18.6. The Hall–Kier alpha value is -2.57. The fraction of sp³-hybridized carbons (Fsp3) is 0.286. The lowest BCUT2D eigenvalue weighted by molar-refractivity contribution is 0.426. The second-order valence-corrected chi connectivity index (χ2v) is 7.04. The number of benzene rings is 2. The van der Waals surface area contributed by atoms with E-state index in [9.17, 15) is 10.0 Å². The Morgan fingerprint density at radius 3 is 1.89 bits per heavy atom. The van der Waals surface area contributed by atoms with E-state index in [2.05, 4.69) is 0 Å².